The van der Waals surface area contributed by atoms with Crippen molar-refractivity contribution >= 4 is 11.8 Å². The quantitative estimate of drug-likeness (QED) is 0.716. The van der Waals surface area contributed by atoms with Crippen molar-refractivity contribution in [2.24, 2.45) is 5.92 Å². The third-order valence-corrected chi connectivity index (χ3v) is 5.70. The fourth-order valence-electron chi connectivity index (χ4n) is 4.46. The second-order valence-electron chi connectivity index (χ2n) is 7.05. The average Bonchev–Trinajstić information content (AvgIpc) is 3.00. The van der Waals surface area contributed by atoms with Crippen molar-refractivity contribution in [2.75, 3.05) is 19.8 Å². The zero-order chi connectivity index (χ0) is 16.8. The molecule has 1 atom stereocenters. The Balaban J connectivity index is 1.53. The lowest BCUT2D eigenvalue weighted by molar-refractivity contribution is -0.324. The summed E-state index contributed by atoms with van der Waals surface area (Å²) in [6.45, 7) is 2.97. The molecule has 6 nitrogen and oxygen atoms in total. The van der Waals surface area contributed by atoms with Gasteiger partial charge in [0.15, 0.2) is 11.6 Å². The van der Waals surface area contributed by atoms with Gasteiger partial charge in [-0.05, 0) is 37.1 Å². The van der Waals surface area contributed by atoms with E-state index in [1.54, 1.807) is 12.2 Å². The molecule has 0 aromatic carbocycles. The van der Waals surface area contributed by atoms with E-state index < -0.39 is 11.4 Å². The number of hydrogen-bond acceptors (Lipinski definition) is 6. The highest BCUT2D eigenvalue weighted by Gasteiger charge is 2.65. The van der Waals surface area contributed by atoms with Crippen molar-refractivity contribution in [3.8, 4) is 0 Å². The van der Waals surface area contributed by atoms with Gasteiger partial charge in [-0.15, -0.1) is 0 Å². The molecule has 0 amide bonds. The first-order valence-electron chi connectivity index (χ1n) is 8.52. The molecule has 1 unspecified atom stereocenters. The van der Waals surface area contributed by atoms with Crippen LogP contribution in [0.25, 0.3) is 0 Å². The molecule has 2 heterocycles. The van der Waals surface area contributed by atoms with E-state index in [1.165, 1.54) is 19.1 Å². The number of ether oxygens (including phenoxy) is 4. The molecule has 2 saturated heterocycles. The Labute approximate surface area is 140 Å². The van der Waals surface area contributed by atoms with Crippen LogP contribution in [0.4, 0.5) is 0 Å². The summed E-state index contributed by atoms with van der Waals surface area (Å²) < 4.78 is 23.3. The highest BCUT2D eigenvalue weighted by molar-refractivity contribution is 6.00. The van der Waals surface area contributed by atoms with E-state index in [9.17, 15) is 9.59 Å². The van der Waals surface area contributed by atoms with E-state index in [4.69, 9.17) is 18.9 Å². The van der Waals surface area contributed by atoms with Gasteiger partial charge in [-0.3, -0.25) is 9.59 Å². The third-order valence-electron chi connectivity index (χ3n) is 5.70. The number of allylic oxidation sites excluding steroid dienone is 2. The molecule has 0 N–H and O–H groups in total. The molecule has 24 heavy (non-hydrogen) atoms. The lowest BCUT2D eigenvalue weighted by Crippen LogP contribution is -2.70. The summed E-state index contributed by atoms with van der Waals surface area (Å²) in [5.41, 5.74) is -1.00. The van der Waals surface area contributed by atoms with Crippen LogP contribution in [-0.4, -0.2) is 48.6 Å². The van der Waals surface area contributed by atoms with Gasteiger partial charge in [-0.2, -0.15) is 0 Å². The van der Waals surface area contributed by atoms with Crippen molar-refractivity contribution in [1.29, 1.82) is 0 Å². The Morgan fingerprint density at radius 2 is 1.79 bits per heavy atom. The largest absolute Gasteiger partial charge is 0.465 e. The number of hydrogen-bond donors (Lipinski definition) is 0. The molecular formula is C18H22O6. The van der Waals surface area contributed by atoms with Crippen LogP contribution in [0, 0.1) is 5.92 Å². The Bertz CT molecular complexity index is 587. The minimum atomic E-state index is -0.648. The van der Waals surface area contributed by atoms with Gasteiger partial charge in [0, 0.05) is 19.8 Å². The Hall–Kier alpha value is -1.50. The van der Waals surface area contributed by atoms with Crippen LogP contribution in [0.2, 0.25) is 0 Å². The van der Waals surface area contributed by atoms with E-state index in [-0.39, 0.29) is 29.9 Å². The molecule has 0 radical (unpaired) electrons. The maximum absolute atomic E-state index is 11.5. The van der Waals surface area contributed by atoms with Crippen LogP contribution < -0.4 is 0 Å². The number of esters is 1. The summed E-state index contributed by atoms with van der Waals surface area (Å²) in [7, 11) is 0. The van der Waals surface area contributed by atoms with Crippen LogP contribution in [0.5, 0.6) is 0 Å². The maximum Gasteiger partial charge on any atom is 0.302 e. The molecule has 0 bridgehead atoms. The van der Waals surface area contributed by atoms with Gasteiger partial charge in [-0.1, -0.05) is 0 Å². The predicted molar refractivity (Wildman–Crippen MR) is 83.1 cm³/mol. The molecule has 0 aromatic rings. The minimum Gasteiger partial charge on any atom is -0.465 e. The third kappa shape index (κ3) is 2.44. The maximum atomic E-state index is 11.5. The summed E-state index contributed by atoms with van der Waals surface area (Å²) in [5, 5.41) is 0. The summed E-state index contributed by atoms with van der Waals surface area (Å²) in [6.07, 6.45) is 9.76. The zero-order valence-electron chi connectivity index (χ0n) is 13.8. The zero-order valence-corrected chi connectivity index (χ0v) is 13.8. The SMILES string of the molecule is CC(=O)OCC1C2(C=CC(=O)C=C2)OC12CCC1(CC2)OCCO1. The number of ketones is 1. The van der Waals surface area contributed by atoms with Gasteiger partial charge in [0.25, 0.3) is 0 Å². The second kappa shape index (κ2) is 5.51. The van der Waals surface area contributed by atoms with Crippen molar-refractivity contribution in [1.82, 2.24) is 0 Å². The molecule has 2 aliphatic heterocycles. The van der Waals surface area contributed by atoms with Crippen LogP contribution in [-0.2, 0) is 28.5 Å². The van der Waals surface area contributed by atoms with E-state index in [0.29, 0.717) is 13.2 Å². The second-order valence-corrected chi connectivity index (χ2v) is 7.05. The summed E-state index contributed by atoms with van der Waals surface area (Å²) in [4.78, 5) is 22.7. The molecule has 130 valence electrons. The number of carbonyl (C=O) groups excluding carboxylic acids is 2. The summed E-state index contributed by atoms with van der Waals surface area (Å²) in [6, 6.07) is 0. The summed E-state index contributed by atoms with van der Waals surface area (Å²) in [5.74, 6) is -0.820. The molecule has 0 aromatic heterocycles. The van der Waals surface area contributed by atoms with Crippen LogP contribution in [0.15, 0.2) is 24.3 Å². The first-order chi connectivity index (χ1) is 11.5. The summed E-state index contributed by atoms with van der Waals surface area (Å²) >= 11 is 0. The fraction of sp³-hybridized carbons (Fsp3) is 0.667. The van der Waals surface area contributed by atoms with Crippen molar-refractivity contribution in [3.63, 3.8) is 0 Å². The first-order valence-corrected chi connectivity index (χ1v) is 8.52. The molecule has 3 fully saturated rings. The van der Waals surface area contributed by atoms with E-state index in [2.05, 4.69) is 0 Å². The molecule has 2 aliphatic carbocycles. The van der Waals surface area contributed by atoms with Gasteiger partial charge >= 0.3 is 5.97 Å². The molecule has 4 aliphatic rings. The Morgan fingerprint density at radius 1 is 1.17 bits per heavy atom. The van der Waals surface area contributed by atoms with Crippen molar-refractivity contribution < 1.29 is 28.5 Å². The molecule has 4 rings (SSSR count). The minimum absolute atomic E-state index is 0.00625. The normalized spacial score (nSPS) is 35.5. The van der Waals surface area contributed by atoms with E-state index >= 15 is 0 Å². The Morgan fingerprint density at radius 3 is 2.38 bits per heavy atom. The smallest absolute Gasteiger partial charge is 0.302 e. The lowest BCUT2D eigenvalue weighted by atomic mass is 9.61. The highest BCUT2D eigenvalue weighted by Crippen LogP contribution is 2.58. The first kappa shape index (κ1) is 16.0. The van der Waals surface area contributed by atoms with E-state index in [1.807, 2.05) is 0 Å². The predicted octanol–water partition coefficient (Wildman–Crippen LogP) is 1.69. The van der Waals surface area contributed by atoms with Crippen LogP contribution in [0.3, 0.4) is 0 Å². The van der Waals surface area contributed by atoms with Gasteiger partial charge < -0.3 is 18.9 Å². The lowest BCUT2D eigenvalue weighted by Gasteiger charge is -2.63. The molecular weight excluding hydrogens is 312 g/mol. The topological polar surface area (TPSA) is 71.1 Å². The van der Waals surface area contributed by atoms with E-state index in [0.717, 1.165) is 25.7 Å². The highest BCUT2D eigenvalue weighted by atomic mass is 16.7. The van der Waals surface area contributed by atoms with Gasteiger partial charge in [0.2, 0.25) is 0 Å². The van der Waals surface area contributed by atoms with Crippen molar-refractivity contribution in [3.05, 3.63) is 24.3 Å². The van der Waals surface area contributed by atoms with Gasteiger partial charge in [0.1, 0.15) is 12.2 Å². The number of carbonyl (C=O) groups is 2. The van der Waals surface area contributed by atoms with Gasteiger partial charge in [0.05, 0.1) is 24.7 Å². The standard InChI is InChI=1S/C18H22O6/c1-13(19)21-12-15-16(4-2-14(20)3-5-16)24-17(15)6-8-18(9-7-17)22-10-11-23-18/h2-5,15H,6-12H2,1H3. The van der Waals surface area contributed by atoms with Crippen molar-refractivity contribution in [2.45, 2.75) is 49.6 Å². The average molecular weight is 334 g/mol. The van der Waals surface area contributed by atoms with Gasteiger partial charge in [-0.25, -0.2) is 0 Å². The Kier molecular flexibility index (Phi) is 3.67. The fourth-order valence-corrected chi connectivity index (χ4v) is 4.46. The van der Waals surface area contributed by atoms with Crippen LogP contribution >= 0.6 is 0 Å². The molecule has 1 saturated carbocycles. The molecule has 3 spiro atoms. The molecule has 6 heteroatoms. The monoisotopic (exact) mass is 334 g/mol. The van der Waals surface area contributed by atoms with Crippen LogP contribution in [0.1, 0.15) is 32.6 Å². The number of rotatable bonds is 2.